The summed E-state index contributed by atoms with van der Waals surface area (Å²) < 4.78 is 5.54. The molecular formula is C11H12BrNO3. The molecule has 1 aromatic carbocycles. The van der Waals surface area contributed by atoms with Gasteiger partial charge in [-0.05, 0) is 5.56 Å². The van der Waals surface area contributed by atoms with Gasteiger partial charge in [0.2, 0.25) is 6.04 Å². The Morgan fingerprint density at radius 3 is 2.69 bits per heavy atom. The molecule has 0 radical (unpaired) electrons. The number of benzene rings is 1. The molecule has 1 heterocycles. The summed E-state index contributed by atoms with van der Waals surface area (Å²) in [7, 11) is 0. The fourth-order valence-electron chi connectivity index (χ4n) is 2.03. The fraction of sp³-hybridized carbons (Fsp3) is 0.455. The molecule has 3 atom stereocenters. The van der Waals surface area contributed by atoms with Gasteiger partial charge in [0.15, 0.2) is 0 Å². The molecule has 2 rings (SSSR count). The Balaban J connectivity index is 2.25. The van der Waals surface area contributed by atoms with Crippen LogP contribution < -0.4 is 0 Å². The lowest BCUT2D eigenvalue weighted by molar-refractivity contribution is -0.534. The molecule has 1 aliphatic rings. The van der Waals surface area contributed by atoms with Crippen LogP contribution in [-0.2, 0) is 4.74 Å². The summed E-state index contributed by atoms with van der Waals surface area (Å²) >= 11 is 3.30. The first-order valence-corrected chi connectivity index (χ1v) is 6.22. The summed E-state index contributed by atoms with van der Waals surface area (Å²) in [6, 6.07) is 8.73. The van der Waals surface area contributed by atoms with Crippen LogP contribution in [0.4, 0.5) is 0 Å². The van der Waals surface area contributed by atoms with Crippen molar-refractivity contribution in [3.05, 3.63) is 46.0 Å². The zero-order chi connectivity index (χ0) is 11.5. The Bertz CT molecular complexity index is 371. The molecule has 0 bridgehead atoms. The Labute approximate surface area is 102 Å². The fourth-order valence-corrected chi connectivity index (χ4v) is 2.60. The van der Waals surface area contributed by atoms with Crippen molar-refractivity contribution in [1.82, 2.24) is 0 Å². The van der Waals surface area contributed by atoms with Crippen molar-refractivity contribution in [1.29, 1.82) is 0 Å². The van der Waals surface area contributed by atoms with Crippen molar-refractivity contribution in [2.24, 2.45) is 5.92 Å². The van der Waals surface area contributed by atoms with Crippen LogP contribution in [0.2, 0.25) is 0 Å². The van der Waals surface area contributed by atoms with E-state index in [1.165, 1.54) is 0 Å². The van der Waals surface area contributed by atoms with Crippen molar-refractivity contribution in [3.8, 4) is 0 Å². The molecule has 0 unspecified atom stereocenters. The van der Waals surface area contributed by atoms with E-state index in [9.17, 15) is 10.1 Å². The lowest BCUT2D eigenvalue weighted by Crippen LogP contribution is -2.30. The number of hydrogen-bond donors (Lipinski definition) is 0. The third-order valence-corrected chi connectivity index (χ3v) is 3.68. The maximum Gasteiger partial charge on any atom is 0.248 e. The van der Waals surface area contributed by atoms with Crippen molar-refractivity contribution < 1.29 is 9.66 Å². The molecule has 16 heavy (non-hydrogen) atoms. The molecule has 4 nitrogen and oxygen atoms in total. The van der Waals surface area contributed by atoms with Crippen molar-refractivity contribution in [2.75, 3.05) is 11.9 Å². The van der Waals surface area contributed by atoms with Gasteiger partial charge in [0.1, 0.15) is 6.10 Å². The molecule has 86 valence electrons. The number of rotatable bonds is 3. The minimum atomic E-state index is -0.651. The smallest absolute Gasteiger partial charge is 0.248 e. The lowest BCUT2D eigenvalue weighted by atomic mass is 9.96. The Hall–Kier alpha value is -0.940. The van der Waals surface area contributed by atoms with Crippen LogP contribution in [0, 0.1) is 16.0 Å². The number of nitrogens with zero attached hydrogens (tertiary/aromatic N) is 1. The van der Waals surface area contributed by atoms with Crippen LogP contribution in [0.3, 0.4) is 0 Å². The number of halogens is 1. The first-order valence-electron chi connectivity index (χ1n) is 5.10. The van der Waals surface area contributed by atoms with E-state index in [4.69, 9.17) is 4.74 Å². The van der Waals surface area contributed by atoms with Crippen molar-refractivity contribution in [3.63, 3.8) is 0 Å². The summed E-state index contributed by atoms with van der Waals surface area (Å²) in [5.74, 6) is -0.0554. The highest BCUT2D eigenvalue weighted by molar-refractivity contribution is 9.09. The summed E-state index contributed by atoms with van der Waals surface area (Å²) in [6.45, 7) is 0.441. The van der Waals surface area contributed by atoms with E-state index in [2.05, 4.69) is 15.9 Å². The largest absolute Gasteiger partial charge is 0.366 e. The van der Waals surface area contributed by atoms with Crippen LogP contribution in [-0.4, -0.2) is 22.9 Å². The number of hydrogen-bond acceptors (Lipinski definition) is 3. The van der Waals surface area contributed by atoms with Gasteiger partial charge < -0.3 is 4.74 Å². The number of nitro groups is 1. The molecule has 1 aromatic rings. The van der Waals surface area contributed by atoms with Gasteiger partial charge in [0, 0.05) is 10.3 Å². The topological polar surface area (TPSA) is 52.4 Å². The summed E-state index contributed by atoms with van der Waals surface area (Å²) in [6.07, 6.45) is -0.418. The Morgan fingerprint density at radius 2 is 2.12 bits per heavy atom. The third kappa shape index (κ3) is 2.10. The third-order valence-electron chi connectivity index (χ3n) is 2.85. The molecule has 0 aliphatic carbocycles. The minimum Gasteiger partial charge on any atom is -0.366 e. The first kappa shape index (κ1) is 11.5. The molecule has 1 fully saturated rings. The van der Waals surface area contributed by atoms with E-state index in [1.54, 1.807) is 0 Å². The van der Waals surface area contributed by atoms with Gasteiger partial charge in [-0.3, -0.25) is 10.1 Å². The highest BCUT2D eigenvalue weighted by Crippen LogP contribution is 2.35. The first-order chi connectivity index (χ1) is 7.74. The van der Waals surface area contributed by atoms with E-state index >= 15 is 0 Å². The molecule has 0 saturated carbocycles. The summed E-state index contributed by atoms with van der Waals surface area (Å²) in [5, 5.41) is 11.7. The van der Waals surface area contributed by atoms with Gasteiger partial charge in [-0.15, -0.1) is 0 Å². The van der Waals surface area contributed by atoms with Crippen molar-refractivity contribution >= 4 is 15.9 Å². The van der Waals surface area contributed by atoms with Gasteiger partial charge in [-0.2, -0.15) is 0 Å². The lowest BCUT2D eigenvalue weighted by Gasteiger charge is -2.14. The van der Waals surface area contributed by atoms with Crippen LogP contribution in [0.15, 0.2) is 30.3 Å². The molecular weight excluding hydrogens is 274 g/mol. The molecule has 0 spiro atoms. The van der Waals surface area contributed by atoms with E-state index in [0.717, 1.165) is 5.56 Å². The zero-order valence-corrected chi connectivity index (χ0v) is 10.2. The second-order valence-electron chi connectivity index (χ2n) is 3.85. The van der Waals surface area contributed by atoms with Gasteiger partial charge in [-0.25, -0.2) is 0 Å². The molecule has 0 amide bonds. The van der Waals surface area contributed by atoms with Crippen LogP contribution in [0.1, 0.15) is 11.7 Å². The average Bonchev–Trinajstić information content (AvgIpc) is 2.73. The predicted octanol–water partition coefficient (Wildman–Crippen LogP) is 2.41. The van der Waals surface area contributed by atoms with Crippen LogP contribution in [0.5, 0.6) is 0 Å². The normalized spacial score (nSPS) is 29.2. The maximum absolute atomic E-state index is 11.1. The molecule has 0 aromatic heterocycles. The van der Waals surface area contributed by atoms with Gasteiger partial charge >= 0.3 is 0 Å². The Morgan fingerprint density at radius 1 is 1.44 bits per heavy atom. The van der Waals surface area contributed by atoms with Crippen LogP contribution >= 0.6 is 15.9 Å². The highest BCUT2D eigenvalue weighted by Gasteiger charge is 2.46. The molecule has 1 aliphatic heterocycles. The summed E-state index contributed by atoms with van der Waals surface area (Å²) in [5.41, 5.74) is 0.882. The minimum absolute atomic E-state index is 0.0554. The molecule has 0 N–H and O–H groups in total. The second-order valence-corrected chi connectivity index (χ2v) is 4.50. The molecule has 1 saturated heterocycles. The average molecular weight is 286 g/mol. The summed E-state index contributed by atoms with van der Waals surface area (Å²) in [4.78, 5) is 10.8. The quantitative estimate of drug-likeness (QED) is 0.487. The zero-order valence-electron chi connectivity index (χ0n) is 8.58. The SMILES string of the molecule is O=[N+]([O-])[C@@H]1[C@@H](CBr)CO[C@@H]1c1ccccc1. The van der Waals surface area contributed by atoms with Gasteiger partial charge in [0.25, 0.3) is 0 Å². The highest BCUT2D eigenvalue weighted by atomic mass is 79.9. The van der Waals surface area contributed by atoms with E-state index in [1.807, 2.05) is 30.3 Å². The number of ether oxygens (including phenoxy) is 1. The standard InChI is InChI=1S/C11H12BrNO3/c12-6-9-7-16-11(10(9)13(14)15)8-4-2-1-3-5-8/h1-5,9-11H,6-7H2/t9-,10+,11+/m0/s1. The van der Waals surface area contributed by atoms with Crippen LogP contribution in [0.25, 0.3) is 0 Å². The van der Waals surface area contributed by atoms with E-state index in [0.29, 0.717) is 11.9 Å². The monoisotopic (exact) mass is 285 g/mol. The predicted molar refractivity (Wildman–Crippen MR) is 63.2 cm³/mol. The van der Waals surface area contributed by atoms with E-state index in [-0.39, 0.29) is 10.8 Å². The van der Waals surface area contributed by atoms with E-state index < -0.39 is 12.1 Å². The van der Waals surface area contributed by atoms with Gasteiger partial charge in [0.05, 0.1) is 12.5 Å². The molecule has 5 heteroatoms. The van der Waals surface area contributed by atoms with Crippen molar-refractivity contribution in [2.45, 2.75) is 12.1 Å². The second kappa shape index (κ2) is 4.93. The Kier molecular flexibility index (Phi) is 3.56. The van der Waals surface area contributed by atoms with Gasteiger partial charge in [-0.1, -0.05) is 46.3 Å². The maximum atomic E-state index is 11.1. The number of alkyl halides is 1.